The van der Waals surface area contributed by atoms with E-state index in [-0.39, 0.29) is 18.0 Å². The van der Waals surface area contributed by atoms with Crippen LogP contribution in [0.15, 0.2) is 42.5 Å². The molecule has 0 spiro atoms. The Kier molecular flexibility index (Phi) is 3.58. The zero-order valence-electron chi connectivity index (χ0n) is 10.1. The SMILES string of the molecule is N#Cc1ccc(N)cc1C(=O)Cc1ccc(F)cc1. The van der Waals surface area contributed by atoms with Gasteiger partial charge in [-0.05, 0) is 35.9 Å². The minimum Gasteiger partial charge on any atom is -0.399 e. The topological polar surface area (TPSA) is 66.9 Å². The van der Waals surface area contributed by atoms with Crippen molar-refractivity contribution in [2.45, 2.75) is 6.42 Å². The van der Waals surface area contributed by atoms with Crippen molar-refractivity contribution in [1.29, 1.82) is 5.26 Å². The standard InChI is InChI=1S/C15H11FN2O/c16-12-4-1-10(2-5-12)7-15(19)14-8-13(18)6-3-11(14)9-17/h1-6,8H,7,18H2. The first-order chi connectivity index (χ1) is 9.10. The Balaban J connectivity index is 2.27. The van der Waals surface area contributed by atoms with E-state index in [1.165, 1.54) is 24.3 Å². The van der Waals surface area contributed by atoms with Gasteiger partial charge in [-0.3, -0.25) is 4.79 Å². The molecule has 0 aromatic heterocycles. The molecule has 0 aliphatic carbocycles. The number of rotatable bonds is 3. The summed E-state index contributed by atoms with van der Waals surface area (Å²) in [6.07, 6.45) is 0.110. The molecule has 0 atom stereocenters. The van der Waals surface area contributed by atoms with Crippen LogP contribution in [-0.4, -0.2) is 5.78 Å². The molecule has 0 amide bonds. The number of nitrogen functional groups attached to an aromatic ring is 1. The molecule has 3 nitrogen and oxygen atoms in total. The molecule has 0 heterocycles. The van der Waals surface area contributed by atoms with Gasteiger partial charge in [0.2, 0.25) is 0 Å². The molecule has 0 bridgehead atoms. The van der Waals surface area contributed by atoms with Gasteiger partial charge in [0.25, 0.3) is 0 Å². The fourth-order valence-corrected chi connectivity index (χ4v) is 1.77. The summed E-state index contributed by atoms with van der Waals surface area (Å²) >= 11 is 0. The number of Topliss-reactive ketones (excluding diaryl/α,β-unsaturated/α-hetero) is 1. The van der Waals surface area contributed by atoms with Crippen LogP contribution in [0.5, 0.6) is 0 Å². The highest BCUT2D eigenvalue weighted by Crippen LogP contribution is 2.16. The lowest BCUT2D eigenvalue weighted by atomic mass is 9.98. The molecule has 4 heteroatoms. The van der Waals surface area contributed by atoms with Crippen molar-refractivity contribution < 1.29 is 9.18 Å². The van der Waals surface area contributed by atoms with Crippen molar-refractivity contribution in [2.24, 2.45) is 0 Å². The van der Waals surface area contributed by atoms with Crippen LogP contribution in [0.1, 0.15) is 21.5 Å². The van der Waals surface area contributed by atoms with E-state index in [4.69, 9.17) is 11.0 Å². The van der Waals surface area contributed by atoms with E-state index in [9.17, 15) is 9.18 Å². The van der Waals surface area contributed by atoms with Crippen LogP contribution in [0.3, 0.4) is 0 Å². The molecule has 0 saturated carbocycles. The van der Waals surface area contributed by atoms with Gasteiger partial charge < -0.3 is 5.73 Å². The van der Waals surface area contributed by atoms with E-state index in [0.717, 1.165) is 0 Å². The Labute approximate surface area is 110 Å². The third-order valence-corrected chi connectivity index (χ3v) is 2.74. The van der Waals surface area contributed by atoms with Gasteiger partial charge in [-0.15, -0.1) is 0 Å². The molecule has 0 saturated heterocycles. The maximum Gasteiger partial charge on any atom is 0.168 e. The normalized spacial score (nSPS) is 9.89. The van der Waals surface area contributed by atoms with E-state index in [1.807, 2.05) is 6.07 Å². The molecule has 0 aliphatic heterocycles. The van der Waals surface area contributed by atoms with Crippen LogP contribution >= 0.6 is 0 Å². The van der Waals surface area contributed by atoms with Gasteiger partial charge in [-0.1, -0.05) is 12.1 Å². The smallest absolute Gasteiger partial charge is 0.168 e. The second-order valence-electron chi connectivity index (χ2n) is 4.14. The summed E-state index contributed by atoms with van der Waals surface area (Å²) in [6.45, 7) is 0. The van der Waals surface area contributed by atoms with Crippen molar-refractivity contribution in [3.63, 3.8) is 0 Å². The van der Waals surface area contributed by atoms with Gasteiger partial charge >= 0.3 is 0 Å². The summed E-state index contributed by atoms with van der Waals surface area (Å²) < 4.78 is 12.8. The average molecular weight is 254 g/mol. The molecule has 2 N–H and O–H groups in total. The third kappa shape index (κ3) is 2.96. The van der Waals surface area contributed by atoms with Gasteiger partial charge in [0.15, 0.2) is 5.78 Å². The van der Waals surface area contributed by atoms with Gasteiger partial charge in [0.1, 0.15) is 5.82 Å². The fraction of sp³-hybridized carbons (Fsp3) is 0.0667. The van der Waals surface area contributed by atoms with Gasteiger partial charge in [0, 0.05) is 17.7 Å². The lowest BCUT2D eigenvalue weighted by molar-refractivity contribution is 0.0992. The number of benzene rings is 2. The second-order valence-corrected chi connectivity index (χ2v) is 4.14. The monoisotopic (exact) mass is 254 g/mol. The van der Waals surface area contributed by atoms with Crippen molar-refractivity contribution >= 4 is 11.5 Å². The minimum absolute atomic E-state index is 0.110. The quantitative estimate of drug-likeness (QED) is 0.676. The summed E-state index contributed by atoms with van der Waals surface area (Å²) in [5, 5.41) is 8.97. The molecule has 94 valence electrons. The first kappa shape index (κ1) is 12.8. The summed E-state index contributed by atoms with van der Waals surface area (Å²) in [5.41, 5.74) is 7.34. The first-order valence-electron chi connectivity index (χ1n) is 5.67. The third-order valence-electron chi connectivity index (χ3n) is 2.74. The number of halogens is 1. The summed E-state index contributed by atoms with van der Waals surface area (Å²) in [6, 6.07) is 12.2. The van der Waals surface area contributed by atoms with Crippen LogP contribution in [0.2, 0.25) is 0 Å². The number of ketones is 1. The first-order valence-corrected chi connectivity index (χ1v) is 5.67. The molecule has 0 fully saturated rings. The Morgan fingerprint density at radius 1 is 1.21 bits per heavy atom. The molecule has 2 aromatic carbocycles. The highest BCUT2D eigenvalue weighted by atomic mass is 19.1. The summed E-state index contributed by atoms with van der Waals surface area (Å²) in [4.78, 5) is 12.1. The van der Waals surface area contributed by atoms with Crippen LogP contribution in [0.25, 0.3) is 0 Å². The maximum absolute atomic E-state index is 12.8. The number of nitrogens with zero attached hydrogens (tertiary/aromatic N) is 1. The van der Waals surface area contributed by atoms with Crippen molar-refractivity contribution in [3.05, 3.63) is 65.0 Å². The molecule has 19 heavy (non-hydrogen) atoms. The summed E-state index contributed by atoms with van der Waals surface area (Å²) in [5.74, 6) is -0.562. The molecular formula is C15H11FN2O. The number of hydrogen-bond donors (Lipinski definition) is 1. The predicted octanol–water partition coefficient (Wildman–Crippen LogP) is 2.70. The number of carbonyl (C=O) groups excluding carboxylic acids is 1. The van der Waals surface area contributed by atoms with E-state index in [1.54, 1.807) is 18.2 Å². The van der Waals surface area contributed by atoms with Crippen LogP contribution in [0, 0.1) is 17.1 Å². The van der Waals surface area contributed by atoms with Crippen LogP contribution in [0.4, 0.5) is 10.1 Å². The Bertz CT molecular complexity index is 657. The largest absolute Gasteiger partial charge is 0.399 e. The molecule has 2 rings (SSSR count). The van der Waals surface area contributed by atoms with Crippen molar-refractivity contribution in [3.8, 4) is 6.07 Å². The highest BCUT2D eigenvalue weighted by Gasteiger charge is 2.12. The fourth-order valence-electron chi connectivity index (χ4n) is 1.77. The number of carbonyl (C=O) groups is 1. The second kappa shape index (κ2) is 5.32. The number of anilines is 1. The highest BCUT2D eigenvalue weighted by molar-refractivity contribution is 6.00. The van der Waals surface area contributed by atoms with E-state index in [0.29, 0.717) is 22.4 Å². The predicted molar refractivity (Wildman–Crippen MR) is 70.0 cm³/mol. The molecule has 0 unspecified atom stereocenters. The minimum atomic E-state index is -0.349. The van der Waals surface area contributed by atoms with E-state index in [2.05, 4.69) is 0 Å². The Hall–Kier alpha value is -2.67. The lowest BCUT2D eigenvalue weighted by Gasteiger charge is -2.05. The average Bonchev–Trinajstić information content (AvgIpc) is 2.41. The van der Waals surface area contributed by atoms with E-state index >= 15 is 0 Å². The summed E-state index contributed by atoms with van der Waals surface area (Å²) in [7, 11) is 0. The zero-order chi connectivity index (χ0) is 13.8. The van der Waals surface area contributed by atoms with Crippen molar-refractivity contribution in [2.75, 3.05) is 5.73 Å². The lowest BCUT2D eigenvalue weighted by Crippen LogP contribution is -2.07. The zero-order valence-corrected chi connectivity index (χ0v) is 10.1. The molecule has 0 aliphatic rings. The Morgan fingerprint density at radius 2 is 1.89 bits per heavy atom. The Morgan fingerprint density at radius 3 is 2.53 bits per heavy atom. The van der Waals surface area contributed by atoms with Crippen LogP contribution in [-0.2, 0) is 6.42 Å². The van der Waals surface area contributed by atoms with Gasteiger partial charge in [0.05, 0.1) is 11.6 Å². The molecule has 2 aromatic rings. The number of hydrogen-bond acceptors (Lipinski definition) is 3. The number of nitriles is 1. The van der Waals surface area contributed by atoms with Gasteiger partial charge in [-0.2, -0.15) is 5.26 Å². The van der Waals surface area contributed by atoms with Gasteiger partial charge in [-0.25, -0.2) is 4.39 Å². The molecule has 0 radical (unpaired) electrons. The van der Waals surface area contributed by atoms with E-state index < -0.39 is 0 Å². The van der Waals surface area contributed by atoms with Crippen LogP contribution < -0.4 is 5.73 Å². The molecular weight excluding hydrogens is 243 g/mol. The van der Waals surface area contributed by atoms with Crippen molar-refractivity contribution in [1.82, 2.24) is 0 Å². The number of nitrogens with two attached hydrogens (primary N) is 1. The maximum atomic E-state index is 12.8.